The molecule has 1 fully saturated rings. The highest BCUT2D eigenvalue weighted by Gasteiger charge is 2.44. The lowest BCUT2D eigenvalue weighted by Gasteiger charge is -2.39. The number of allylic oxidation sites excluding steroid dienone is 1. The van der Waals surface area contributed by atoms with Crippen LogP contribution in [0.25, 0.3) is 6.08 Å². The minimum Gasteiger partial charge on any atom is -0.502 e. The lowest BCUT2D eigenvalue weighted by Crippen LogP contribution is -2.57. The summed E-state index contributed by atoms with van der Waals surface area (Å²) < 4.78 is 20.8. The molecule has 5 atom stereocenters. The van der Waals surface area contributed by atoms with Crippen molar-refractivity contribution in [2.45, 2.75) is 42.7 Å². The Bertz CT molecular complexity index is 873. The number of hydrogen-bond acceptors (Lipinski definition) is 11. The van der Waals surface area contributed by atoms with E-state index in [9.17, 15) is 25.2 Å². The molecule has 0 aliphatic carbocycles. The summed E-state index contributed by atoms with van der Waals surface area (Å²) in [6, 6.07) is 5.00. The molecule has 0 spiro atoms. The Labute approximate surface area is 195 Å². The largest absolute Gasteiger partial charge is 0.502 e. The molecule has 180 valence electrons. The van der Waals surface area contributed by atoms with Crippen molar-refractivity contribution in [1.82, 2.24) is 0 Å². The number of esters is 1. The van der Waals surface area contributed by atoms with E-state index in [0.717, 1.165) is 17.8 Å². The summed E-state index contributed by atoms with van der Waals surface area (Å²) in [5.74, 6) is -0.577. The number of aliphatic hydroxyl groups excluding tert-OH is 3. The lowest BCUT2D eigenvalue weighted by molar-refractivity contribution is -0.209. The Hall–Kier alpha value is -2.75. The molecule has 0 radical (unpaired) electrons. The fourth-order valence-electron chi connectivity index (χ4n) is 2.90. The van der Waals surface area contributed by atoms with Gasteiger partial charge in [-0.1, -0.05) is 17.8 Å². The molecule has 33 heavy (non-hydrogen) atoms. The van der Waals surface area contributed by atoms with E-state index < -0.39 is 35.8 Å². The van der Waals surface area contributed by atoms with Crippen LogP contribution >= 0.6 is 11.8 Å². The van der Waals surface area contributed by atoms with Crippen LogP contribution in [-0.2, 0) is 14.3 Å². The number of rotatable bonds is 10. The second kappa shape index (κ2) is 13.1. The molecule has 10 nitrogen and oxygen atoms in total. The summed E-state index contributed by atoms with van der Waals surface area (Å²) in [5, 5.41) is 50.5. The highest BCUT2D eigenvalue weighted by Crippen LogP contribution is 2.37. The number of benzene rings is 1. The Morgan fingerprint density at radius 1 is 1.18 bits per heavy atom. The van der Waals surface area contributed by atoms with Gasteiger partial charge in [0.25, 0.3) is 0 Å². The number of aromatic hydroxyl groups is 1. The SMILES string of the molecule is COc1cc(C=CC(=O)OC[C@H]2O[C@@H](SC=CCCC#N)[C@H](O)[C@@H](O)[C@@H]2O)cc(OC)c1O. The predicted molar refractivity (Wildman–Crippen MR) is 119 cm³/mol. The normalized spacial score (nSPS) is 25.2. The molecule has 1 saturated heterocycles. The van der Waals surface area contributed by atoms with Crippen LogP contribution in [0, 0.1) is 11.3 Å². The van der Waals surface area contributed by atoms with E-state index >= 15 is 0 Å². The van der Waals surface area contributed by atoms with E-state index in [1.807, 2.05) is 6.07 Å². The molecule has 1 aliphatic rings. The number of thioether (sulfide) groups is 1. The number of unbranched alkanes of at least 4 members (excludes halogenated alkanes) is 1. The summed E-state index contributed by atoms with van der Waals surface area (Å²) in [5.41, 5.74) is -0.386. The van der Waals surface area contributed by atoms with Crippen molar-refractivity contribution in [2.24, 2.45) is 0 Å². The van der Waals surface area contributed by atoms with Crippen LogP contribution in [-0.4, -0.2) is 77.1 Å². The molecular formula is C22H27NO9S. The van der Waals surface area contributed by atoms with Gasteiger partial charge in [-0.3, -0.25) is 0 Å². The third kappa shape index (κ3) is 7.38. The third-order valence-electron chi connectivity index (χ3n) is 4.70. The maximum Gasteiger partial charge on any atom is 0.330 e. The van der Waals surface area contributed by atoms with Crippen molar-refractivity contribution in [3.05, 3.63) is 35.3 Å². The van der Waals surface area contributed by atoms with Gasteiger partial charge in [0.2, 0.25) is 5.75 Å². The first-order chi connectivity index (χ1) is 15.8. The number of methoxy groups -OCH3 is 2. The Kier molecular flexibility index (Phi) is 10.5. The van der Waals surface area contributed by atoms with Crippen LogP contribution in [0.3, 0.4) is 0 Å². The smallest absolute Gasteiger partial charge is 0.330 e. The Morgan fingerprint density at radius 3 is 2.45 bits per heavy atom. The maximum atomic E-state index is 12.1. The Morgan fingerprint density at radius 2 is 1.85 bits per heavy atom. The molecule has 0 bridgehead atoms. The molecule has 0 unspecified atom stereocenters. The monoisotopic (exact) mass is 481 g/mol. The second-order valence-corrected chi connectivity index (χ2v) is 7.97. The van der Waals surface area contributed by atoms with Gasteiger partial charge in [-0.05, 0) is 35.6 Å². The highest BCUT2D eigenvalue weighted by molar-refractivity contribution is 8.02. The first-order valence-electron chi connectivity index (χ1n) is 9.99. The lowest BCUT2D eigenvalue weighted by atomic mass is 10.0. The van der Waals surface area contributed by atoms with Crippen LogP contribution in [0.5, 0.6) is 17.2 Å². The maximum absolute atomic E-state index is 12.1. The summed E-state index contributed by atoms with van der Waals surface area (Å²) in [6.07, 6.45) is -0.178. The number of phenolic OH excluding ortho intramolecular Hbond substituents is 1. The number of carbonyl (C=O) groups excluding carboxylic acids is 1. The average molecular weight is 482 g/mol. The van der Waals surface area contributed by atoms with Gasteiger partial charge in [-0.2, -0.15) is 5.26 Å². The Balaban J connectivity index is 1.96. The average Bonchev–Trinajstić information content (AvgIpc) is 2.82. The van der Waals surface area contributed by atoms with Crippen molar-refractivity contribution >= 4 is 23.8 Å². The first kappa shape index (κ1) is 26.5. The molecule has 1 aromatic rings. The van der Waals surface area contributed by atoms with Gasteiger partial charge in [0, 0.05) is 12.5 Å². The van der Waals surface area contributed by atoms with E-state index in [1.165, 1.54) is 32.4 Å². The minimum absolute atomic E-state index is 0.166. The fourth-order valence-corrected chi connectivity index (χ4v) is 3.83. The van der Waals surface area contributed by atoms with Crippen LogP contribution in [0.4, 0.5) is 0 Å². The summed E-state index contributed by atoms with van der Waals surface area (Å²) in [6.45, 7) is -0.356. The molecule has 1 aliphatic heterocycles. The molecule has 4 N–H and O–H groups in total. The molecule has 0 saturated carbocycles. The zero-order valence-electron chi connectivity index (χ0n) is 18.2. The predicted octanol–water partition coefficient (Wildman–Crippen LogP) is 1.32. The van der Waals surface area contributed by atoms with E-state index in [1.54, 1.807) is 11.5 Å². The second-order valence-electron chi connectivity index (χ2n) is 6.96. The summed E-state index contributed by atoms with van der Waals surface area (Å²) in [4.78, 5) is 12.1. The van der Waals surface area contributed by atoms with Gasteiger partial charge in [0.15, 0.2) is 11.5 Å². The van der Waals surface area contributed by atoms with E-state index in [2.05, 4.69) is 0 Å². The van der Waals surface area contributed by atoms with Crippen LogP contribution < -0.4 is 9.47 Å². The topological polar surface area (TPSA) is 159 Å². The van der Waals surface area contributed by atoms with Gasteiger partial charge in [0.1, 0.15) is 36.5 Å². The van der Waals surface area contributed by atoms with E-state index in [0.29, 0.717) is 18.4 Å². The molecule has 1 aromatic carbocycles. The van der Waals surface area contributed by atoms with Crippen LogP contribution in [0.15, 0.2) is 29.7 Å². The first-order valence-corrected chi connectivity index (χ1v) is 10.9. The van der Waals surface area contributed by atoms with Crippen molar-refractivity contribution in [3.63, 3.8) is 0 Å². The van der Waals surface area contributed by atoms with Crippen molar-refractivity contribution in [3.8, 4) is 23.3 Å². The number of aliphatic hydroxyl groups is 3. The zero-order valence-corrected chi connectivity index (χ0v) is 19.0. The van der Waals surface area contributed by atoms with Crippen LogP contribution in [0.2, 0.25) is 0 Å². The summed E-state index contributed by atoms with van der Waals surface area (Å²) >= 11 is 1.08. The summed E-state index contributed by atoms with van der Waals surface area (Å²) in [7, 11) is 2.76. The van der Waals surface area contributed by atoms with Gasteiger partial charge in [-0.25, -0.2) is 4.79 Å². The van der Waals surface area contributed by atoms with Crippen molar-refractivity contribution in [1.29, 1.82) is 5.26 Å². The molecule has 0 aromatic heterocycles. The number of ether oxygens (including phenoxy) is 4. The number of carbonyl (C=O) groups is 1. The van der Waals surface area contributed by atoms with Gasteiger partial charge in [-0.15, -0.1) is 0 Å². The molecule has 0 amide bonds. The number of phenols is 1. The highest BCUT2D eigenvalue weighted by atomic mass is 32.2. The van der Waals surface area contributed by atoms with E-state index in [4.69, 9.17) is 24.2 Å². The van der Waals surface area contributed by atoms with Gasteiger partial charge in [0.05, 0.1) is 20.3 Å². The third-order valence-corrected chi connectivity index (χ3v) is 5.71. The molecule has 2 rings (SSSR count). The fraction of sp³-hybridized carbons (Fsp3) is 0.455. The quantitative estimate of drug-likeness (QED) is 0.217. The van der Waals surface area contributed by atoms with E-state index in [-0.39, 0.29) is 23.9 Å². The van der Waals surface area contributed by atoms with Gasteiger partial charge >= 0.3 is 5.97 Å². The number of nitrogens with zero attached hydrogens (tertiary/aromatic N) is 1. The molecule has 11 heteroatoms. The minimum atomic E-state index is -1.49. The standard InChI is InChI=1S/C22H27NO9S/c1-29-14-10-13(11-15(30-2)18(14)25)6-7-17(24)31-12-16-19(26)20(27)21(28)22(32-16)33-9-5-3-4-8-23/h5-7,9-11,16,19-22,25-28H,3-4,12H2,1-2H3/t16-,19-,20+,21-,22+/m1/s1. The molecular weight excluding hydrogens is 454 g/mol. The zero-order chi connectivity index (χ0) is 24.4. The number of hydrogen-bond donors (Lipinski definition) is 4. The number of nitriles is 1. The van der Waals surface area contributed by atoms with Crippen molar-refractivity contribution in [2.75, 3.05) is 20.8 Å². The van der Waals surface area contributed by atoms with Gasteiger partial charge < -0.3 is 39.4 Å². The molecule has 1 heterocycles. The van der Waals surface area contributed by atoms with Crippen LogP contribution in [0.1, 0.15) is 18.4 Å². The van der Waals surface area contributed by atoms with Crippen molar-refractivity contribution < 1.29 is 44.2 Å².